The average Bonchev–Trinajstić information content (AvgIpc) is 3.61. The molecule has 2 atom stereocenters. The second-order valence-electron chi connectivity index (χ2n) is 10.1. The fourth-order valence-corrected chi connectivity index (χ4v) is 7.28. The maximum absolute atomic E-state index is 13.3. The molecular weight excluding hydrogens is 651 g/mol. The van der Waals surface area contributed by atoms with Gasteiger partial charge in [-0.05, 0) is 32.4 Å². The molecule has 21 heteroatoms. The number of hydrazine groups is 1. The van der Waals surface area contributed by atoms with Crippen LogP contribution in [0.15, 0.2) is 32.9 Å². The highest BCUT2D eigenvalue weighted by molar-refractivity contribution is 8.01. The minimum absolute atomic E-state index is 0.0433. The maximum Gasteiger partial charge on any atom is 0.352 e. The number of oxime groups is 1. The molecule has 1 saturated heterocycles. The van der Waals surface area contributed by atoms with Crippen molar-refractivity contribution in [2.45, 2.75) is 49.4 Å². The topological polar surface area (TPSA) is 266 Å². The number of aliphatic hydroxyl groups is 1. The summed E-state index contributed by atoms with van der Waals surface area (Å²) in [6.45, 7) is 4.14. The number of carbonyl (C=O) groups is 4. The number of thiazole rings is 1. The van der Waals surface area contributed by atoms with Gasteiger partial charge in [0.15, 0.2) is 10.8 Å². The van der Waals surface area contributed by atoms with Gasteiger partial charge in [0, 0.05) is 16.9 Å². The van der Waals surface area contributed by atoms with Crippen LogP contribution in [0.5, 0.6) is 0 Å². The van der Waals surface area contributed by atoms with Gasteiger partial charge in [-0.3, -0.25) is 24.7 Å². The van der Waals surface area contributed by atoms with E-state index in [1.807, 2.05) is 5.43 Å². The lowest BCUT2D eigenvalue weighted by Crippen LogP contribution is -2.71. The number of hydrogen-bond donors (Lipinski definition) is 6. The predicted molar refractivity (Wildman–Crippen MR) is 162 cm³/mol. The summed E-state index contributed by atoms with van der Waals surface area (Å²) in [6.07, 6.45) is 0. The van der Waals surface area contributed by atoms with Crippen LogP contribution < -0.4 is 22.3 Å². The number of aliphatic hydroxyl groups excluding tert-OH is 1. The quantitative estimate of drug-likeness (QED) is 0.0270. The van der Waals surface area contributed by atoms with Crippen molar-refractivity contribution >= 4 is 75.2 Å². The fourth-order valence-electron chi connectivity index (χ4n) is 4.33. The van der Waals surface area contributed by atoms with Gasteiger partial charge in [0.1, 0.15) is 33.7 Å². The Kier molecular flexibility index (Phi) is 8.98. The molecule has 0 aromatic carbocycles. The summed E-state index contributed by atoms with van der Waals surface area (Å²) in [5.74, 6) is 2.91. The number of aryl methyl sites for hydroxylation is 1. The summed E-state index contributed by atoms with van der Waals surface area (Å²) in [7, 11) is 0. The van der Waals surface area contributed by atoms with E-state index in [0.717, 1.165) is 16.2 Å². The van der Waals surface area contributed by atoms with Crippen LogP contribution >= 0.6 is 34.9 Å². The van der Waals surface area contributed by atoms with E-state index in [1.54, 1.807) is 13.0 Å². The van der Waals surface area contributed by atoms with Gasteiger partial charge >= 0.3 is 5.97 Å². The molecule has 0 spiro atoms. The molecule has 18 nitrogen and oxygen atoms in total. The Hall–Kier alpha value is -4.31. The highest BCUT2D eigenvalue weighted by atomic mass is 32.2. The van der Waals surface area contributed by atoms with Crippen molar-refractivity contribution in [1.82, 2.24) is 40.2 Å². The summed E-state index contributed by atoms with van der Waals surface area (Å²) in [5, 5.41) is 31.8. The Morgan fingerprint density at radius 1 is 1.29 bits per heavy atom. The van der Waals surface area contributed by atoms with E-state index in [0.29, 0.717) is 27.9 Å². The van der Waals surface area contributed by atoms with Crippen LogP contribution in [0.25, 0.3) is 5.78 Å². The average molecular weight is 678 g/mol. The highest BCUT2D eigenvalue weighted by Crippen LogP contribution is 2.41. The van der Waals surface area contributed by atoms with Crippen molar-refractivity contribution in [2.75, 3.05) is 17.2 Å². The first-order valence-corrected chi connectivity index (χ1v) is 15.9. The smallest absolute Gasteiger partial charge is 0.352 e. The zero-order valence-electron chi connectivity index (χ0n) is 23.9. The van der Waals surface area contributed by atoms with Crippen molar-refractivity contribution in [1.29, 1.82) is 0 Å². The number of nitrogens with zero attached hydrogens (tertiary/aromatic N) is 7. The Labute approximate surface area is 266 Å². The Balaban J connectivity index is 1.33. The van der Waals surface area contributed by atoms with Gasteiger partial charge in [0.2, 0.25) is 5.60 Å². The van der Waals surface area contributed by atoms with Crippen LogP contribution in [0.3, 0.4) is 0 Å². The second kappa shape index (κ2) is 12.6. The van der Waals surface area contributed by atoms with Gasteiger partial charge in [0.05, 0.1) is 12.3 Å². The monoisotopic (exact) mass is 677 g/mol. The van der Waals surface area contributed by atoms with Gasteiger partial charge in [-0.25, -0.2) is 20.6 Å². The number of carboxylic acids is 1. The van der Waals surface area contributed by atoms with Crippen LogP contribution in [0, 0.1) is 6.92 Å². The normalized spacial score (nSPS) is 18.5. The lowest BCUT2D eigenvalue weighted by molar-refractivity contribution is -0.150. The fraction of sp³-hybridized carbons (Fsp3) is 0.375. The summed E-state index contributed by atoms with van der Waals surface area (Å²) in [5.41, 5.74) is 6.56. The molecule has 1 unspecified atom stereocenters. The number of thioether (sulfide) groups is 2. The number of fused-ring (bicyclic) bond motifs is 2. The van der Waals surface area contributed by atoms with E-state index in [4.69, 9.17) is 16.4 Å². The van der Waals surface area contributed by atoms with E-state index < -0.39 is 40.7 Å². The number of anilines is 1. The van der Waals surface area contributed by atoms with Crippen molar-refractivity contribution in [3.63, 3.8) is 0 Å². The van der Waals surface area contributed by atoms with E-state index >= 15 is 0 Å². The predicted octanol–water partition coefficient (Wildman–Crippen LogP) is -1.02. The molecule has 3 aromatic heterocycles. The lowest BCUT2D eigenvalue weighted by Gasteiger charge is -2.49. The van der Waals surface area contributed by atoms with Gasteiger partial charge in [-0.1, -0.05) is 5.16 Å². The molecule has 5 rings (SSSR count). The van der Waals surface area contributed by atoms with E-state index in [9.17, 15) is 29.4 Å². The van der Waals surface area contributed by atoms with E-state index in [2.05, 4.69) is 30.5 Å². The Bertz CT molecular complexity index is 1770. The summed E-state index contributed by atoms with van der Waals surface area (Å²) < 4.78 is 1.43. The number of amides is 3. The first kappa shape index (κ1) is 32.1. The molecule has 0 saturated carbocycles. The number of hydrogen-bond acceptors (Lipinski definition) is 16. The van der Waals surface area contributed by atoms with Crippen LogP contribution in [-0.2, 0) is 30.6 Å². The summed E-state index contributed by atoms with van der Waals surface area (Å²) in [6, 6.07) is 0.550. The number of rotatable bonds is 11. The molecule has 0 aliphatic carbocycles. The van der Waals surface area contributed by atoms with E-state index in [1.165, 1.54) is 47.3 Å². The standard InChI is InChI=1S/C24H27N11O7S3/c1-9-27-23-29-13(4-11(5-36)35(23)32-9)43-6-10-7-44-19-15(18(38)34(19)16(10)20(39)40)30-17(37)14(12-8-45-22(25)28-12)33-42-24(2,3)21(41)31-26/h4,8,15,19,36H,5-7,26H2,1-3H3,(H2,25,28)(H,30,37)(H,31,41)(H,39,40)/t15?,19-/m0/s1. The molecule has 5 heterocycles. The van der Waals surface area contributed by atoms with Crippen molar-refractivity contribution < 1.29 is 34.2 Å². The van der Waals surface area contributed by atoms with Gasteiger partial charge in [-0.2, -0.15) is 9.50 Å². The summed E-state index contributed by atoms with van der Waals surface area (Å²) >= 11 is 3.54. The summed E-state index contributed by atoms with van der Waals surface area (Å²) in [4.78, 5) is 70.1. The van der Waals surface area contributed by atoms with Gasteiger partial charge in [-0.15, -0.1) is 40.0 Å². The first-order chi connectivity index (χ1) is 21.3. The molecule has 1 fully saturated rings. The number of carboxylic acid groups (broad SMARTS) is 1. The minimum atomic E-state index is -1.56. The third kappa shape index (κ3) is 6.29. The first-order valence-electron chi connectivity index (χ1n) is 13.0. The molecular formula is C24H27N11O7S3. The van der Waals surface area contributed by atoms with E-state index in [-0.39, 0.29) is 40.3 Å². The van der Waals surface area contributed by atoms with Crippen molar-refractivity contribution in [3.05, 3.63) is 39.9 Å². The van der Waals surface area contributed by atoms with Crippen molar-refractivity contribution in [2.24, 2.45) is 11.0 Å². The number of nitrogen functional groups attached to an aromatic ring is 1. The molecule has 0 radical (unpaired) electrons. The minimum Gasteiger partial charge on any atom is -0.477 e. The van der Waals surface area contributed by atoms with Gasteiger partial charge < -0.3 is 26.1 Å². The molecule has 2 aliphatic heterocycles. The molecule has 3 aromatic rings. The van der Waals surface area contributed by atoms with Gasteiger partial charge in [0.25, 0.3) is 23.5 Å². The maximum atomic E-state index is 13.3. The molecule has 45 heavy (non-hydrogen) atoms. The van der Waals surface area contributed by atoms with Crippen LogP contribution in [0.4, 0.5) is 5.13 Å². The molecule has 238 valence electrons. The largest absolute Gasteiger partial charge is 0.477 e. The zero-order chi connectivity index (χ0) is 32.6. The number of β-lactam (4-membered cyclic amide) rings is 1. The number of carbonyl (C=O) groups excluding carboxylic acids is 3. The van der Waals surface area contributed by atoms with Crippen LogP contribution in [0.2, 0.25) is 0 Å². The van der Waals surface area contributed by atoms with Crippen LogP contribution in [-0.4, -0.2) is 97.6 Å². The SMILES string of the molecule is Cc1nc2nc(SCC3=C(C(=O)O)N4C(=O)C(NC(=O)C(=NOC(C)(C)C(=O)NN)c5csc(N)n5)[C@@H]4SC3)cc(CO)n2n1. The number of nitrogens with one attached hydrogen (secondary N) is 2. The number of nitrogens with two attached hydrogens (primary N) is 2. The second-order valence-corrected chi connectivity index (χ2v) is 13.1. The highest BCUT2D eigenvalue weighted by Gasteiger charge is 2.54. The zero-order valence-corrected chi connectivity index (χ0v) is 26.3. The molecule has 2 aliphatic rings. The molecule has 3 amide bonds. The Morgan fingerprint density at radius 2 is 2.04 bits per heavy atom. The number of aliphatic carboxylic acids is 1. The Morgan fingerprint density at radius 3 is 2.69 bits per heavy atom. The molecule has 0 bridgehead atoms. The third-order valence-electron chi connectivity index (χ3n) is 6.58. The number of aromatic nitrogens is 5. The third-order valence-corrected chi connectivity index (χ3v) is 9.59. The molecule has 8 N–H and O–H groups in total. The van der Waals surface area contributed by atoms with Crippen molar-refractivity contribution in [3.8, 4) is 0 Å². The van der Waals surface area contributed by atoms with Crippen LogP contribution in [0.1, 0.15) is 31.1 Å². The lowest BCUT2D eigenvalue weighted by atomic mass is 10.0.